The summed E-state index contributed by atoms with van der Waals surface area (Å²) in [6, 6.07) is 0. The largest absolute Gasteiger partial charge is 0.495 e. The number of halogens is 1. The first kappa shape index (κ1) is 9.00. The van der Waals surface area contributed by atoms with Gasteiger partial charge in [-0.05, 0) is 6.92 Å². The number of hydrogen-bond donors (Lipinski definition) is 0. The van der Waals surface area contributed by atoms with Gasteiger partial charge in [0.25, 0.3) is 0 Å². The molecule has 0 aliphatic rings. The van der Waals surface area contributed by atoms with Crippen LogP contribution in [0.25, 0.3) is 0 Å². The third-order valence-corrected chi connectivity index (χ3v) is 1.66. The fourth-order valence-electron chi connectivity index (χ4n) is 0.729. The van der Waals surface area contributed by atoms with Crippen molar-refractivity contribution in [2.24, 2.45) is 0 Å². The fourth-order valence-corrected chi connectivity index (χ4v) is 0.820. The normalized spacial score (nSPS) is 9.50. The molecule has 0 aliphatic carbocycles. The van der Waals surface area contributed by atoms with Crippen LogP contribution >= 0.6 is 11.6 Å². The number of aryl methyl sites for hydroxylation is 1. The molecule has 0 aliphatic heterocycles. The molecule has 0 N–H and O–H groups in total. The predicted octanol–water partition coefficient (Wildman–Crippen LogP) is 2.10. The number of nitrogens with zero attached hydrogens (tertiary/aromatic N) is 2. The number of hydrogen-bond acceptors (Lipinski definition) is 3. The molecule has 0 spiro atoms. The predicted molar refractivity (Wildman–Crippen MR) is 46.8 cm³/mol. The molecule has 1 aromatic rings. The summed E-state index contributed by atoms with van der Waals surface area (Å²) >= 11 is 5.68. The van der Waals surface area contributed by atoms with Gasteiger partial charge in [0.15, 0.2) is 0 Å². The van der Waals surface area contributed by atoms with Crippen LogP contribution in [0.1, 0.15) is 11.4 Å². The zero-order valence-electron chi connectivity index (χ0n) is 6.75. The van der Waals surface area contributed by atoms with E-state index >= 15 is 0 Å². The van der Waals surface area contributed by atoms with Crippen LogP contribution in [0.4, 0.5) is 0 Å². The van der Waals surface area contributed by atoms with E-state index in [0.29, 0.717) is 17.5 Å². The van der Waals surface area contributed by atoms with E-state index in [9.17, 15) is 0 Å². The van der Waals surface area contributed by atoms with Gasteiger partial charge in [0, 0.05) is 0 Å². The van der Waals surface area contributed by atoms with E-state index in [4.69, 9.17) is 16.3 Å². The molecular weight excluding hydrogens is 176 g/mol. The lowest BCUT2D eigenvalue weighted by molar-refractivity contribution is 0.233. The van der Waals surface area contributed by atoms with Crippen LogP contribution in [0, 0.1) is 6.92 Å². The van der Waals surface area contributed by atoms with Crippen molar-refractivity contribution in [3.05, 3.63) is 35.6 Å². The van der Waals surface area contributed by atoms with E-state index in [2.05, 4.69) is 16.5 Å². The Morgan fingerprint density at radius 1 is 1.75 bits per heavy atom. The summed E-state index contributed by atoms with van der Waals surface area (Å²) in [5.41, 5.74) is 1.46. The highest BCUT2D eigenvalue weighted by Gasteiger charge is 1.99. The Morgan fingerprint density at radius 3 is 3.08 bits per heavy atom. The van der Waals surface area contributed by atoms with E-state index in [1.165, 1.54) is 6.26 Å². The average Bonchev–Trinajstić information content (AvgIpc) is 2.07. The lowest BCUT2D eigenvalue weighted by atomic mass is 10.4. The van der Waals surface area contributed by atoms with Gasteiger partial charge >= 0.3 is 0 Å². The minimum Gasteiger partial charge on any atom is -0.495 e. The maximum absolute atomic E-state index is 5.68. The smallest absolute Gasteiger partial charge is 0.150 e. The summed E-state index contributed by atoms with van der Waals surface area (Å²) in [6.45, 7) is 5.60. The van der Waals surface area contributed by atoms with E-state index in [0.717, 1.165) is 5.69 Å². The molecule has 1 heterocycles. The highest BCUT2D eigenvalue weighted by atomic mass is 35.5. The summed E-state index contributed by atoms with van der Waals surface area (Å²) < 4.78 is 4.93. The van der Waals surface area contributed by atoms with Crippen molar-refractivity contribution in [3.8, 4) is 0 Å². The summed E-state index contributed by atoms with van der Waals surface area (Å²) in [4.78, 5) is 8.06. The maximum atomic E-state index is 5.68. The minimum atomic E-state index is 0.383. The van der Waals surface area contributed by atoms with Gasteiger partial charge in [-0.25, -0.2) is 9.97 Å². The Bertz CT molecular complexity index is 288. The quantitative estimate of drug-likeness (QED) is 0.675. The first-order chi connectivity index (χ1) is 5.74. The second-order valence-corrected chi connectivity index (χ2v) is 2.57. The van der Waals surface area contributed by atoms with Gasteiger partial charge in [0.1, 0.15) is 11.8 Å². The van der Waals surface area contributed by atoms with Crippen molar-refractivity contribution in [2.75, 3.05) is 0 Å². The van der Waals surface area contributed by atoms with Gasteiger partial charge in [-0.3, -0.25) is 0 Å². The van der Waals surface area contributed by atoms with Crippen LogP contribution in [-0.2, 0) is 11.3 Å². The van der Waals surface area contributed by atoms with Crippen molar-refractivity contribution in [3.63, 3.8) is 0 Å². The molecule has 0 unspecified atom stereocenters. The number of rotatable bonds is 3. The van der Waals surface area contributed by atoms with Crippen LogP contribution in [0.5, 0.6) is 0 Å². The molecule has 3 nitrogen and oxygen atoms in total. The van der Waals surface area contributed by atoms with Gasteiger partial charge in [0.05, 0.1) is 23.8 Å². The highest BCUT2D eigenvalue weighted by molar-refractivity contribution is 6.29. The number of ether oxygens (including phenoxy) is 1. The summed E-state index contributed by atoms with van der Waals surface area (Å²) in [5, 5.41) is 0.428. The van der Waals surface area contributed by atoms with E-state index in [-0.39, 0.29) is 0 Å². The molecule has 0 aromatic carbocycles. The van der Waals surface area contributed by atoms with Gasteiger partial charge < -0.3 is 4.74 Å². The minimum absolute atomic E-state index is 0.383. The van der Waals surface area contributed by atoms with E-state index in [1.807, 2.05) is 0 Å². The van der Waals surface area contributed by atoms with Crippen molar-refractivity contribution in [1.29, 1.82) is 0 Å². The molecule has 0 bridgehead atoms. The average molecular weight is 185 g/mol. The molecule has 0 fully saturated rings. The SMILES string of the molecule is C=COCc1cnc(Cl)c(C)n1. The van der Waals surface area contributed by atoms with Crippen LogP contribution in [0.2, 0.25) is 5.15 Å². The van der Waals surface area contributed by atoms with E-state index < -0.39 is 0 Å². The zero-order chi connectivity index (χ0) is 8.97. The fraction of sp³-hybridized carbons (Fsp3) is 0.250. The third-order valence-electron chi connectivity index (χ3n) is 1.29. The number of aromatic nitrogens is 2. The second kappa shape index (κ2) is 4.07. The van der Waals surface area contributed by atoms with Gasteiger partial charge in [0.2, 0.25) is 0 Å². The Balaban J connectivity index is 2.75. The molecule has 1 aromatic heterocycles. The Labute approximate surface area is 76.1 Å². The maximum Gasteiger partial charge on any atom is 0.150 e. The van der Waals surface area contributed by atoms with Crippen LogP contribution in [0.15, 0.2) is 19.0 Å². The molecule has 0 saturated carbocycles. The third kappa shape index (κ3) is 2.20. The standard InChI is InChI=1S/C8H9ClN2O/c1-3-12-5-7-4-10-8(9)6(2)11-7/h3-4H,1,5H2,2H3. The van der Waals surface area contributed by atoms with Gasteiger partial charge in [-0.1, -0.05) is 18.2 Å². The monoisotopic (exact) mass is 184 g/mol. The Morgan fingerprint density at radius 2 is 2.50 bits per heavy atom. The molecule has 0 amide bonds. The summed E-state index contributed by atoms with van der Waals surface area (Å²) in [5.74, 6) is 0. The molecule has 4 heteroatoms. The van der Waals surface area contributed by atoms with Crippen LogP contribution in [-0.4, -0.2) is 9.97 Å². The zero-order valence-corrected chi connectivity index (χ0v) is 7.51. The lowest BCUT2D eigenvalue weighted by Gasteiger charge is -2.01. The molecule has 64 valence electrons. The van der Waals surface area contributed by atoms with Crippen molar-refractivity contribution < 1.29 is 4.74 Å². The van der Waals surface area contributed by atoms with Crippen molar-refractivity contribution in [1.82, 2.24) is 9.97 Å². The summed E-state index contributed by atoms with van der Waals surface area (Å²) in [7, 11) is 0. The molecular formula is C8H9ClN2O. The van der Waals surface area contributed by atoms with Gasteiger partial charge in [-0.2, -0.15) is 0 Å². The second-order valence-electron chi connectivity index (χ2n) is 2.22. The van der Waals surface area contributed by atoms with Crippen LogP contribution in [0.3, 0.4) is 0 Å². The van der Waals surface area contributed by atoms with Crippen molar-refractivity contribution >= 4 is 11.6 Å². The Hall–Kier alpha value is -1.09. The molecule has 0 saturated heterocycles. The van der Waals surface area contributed by atoms with E-state index in [1.54, 1.807) is 13.1 Å². The first-order valence-electron chi connectivity index (χ1n) is 3.44. The lowest BCUT2D eigenvalue weighted by Crippen LogP contribution is -1.96. The Kier molecular flexibility index (Phi) is 3.05. The molecule has 0 atom stereocenters. The molecule has 1 rings (SSSR count). The topological polar surface area (TPSA) is 35.0 Å². The molecule has 12 heavy (non-hydrogen) atoms. The van der Waals surface area contributed by atoms with Crippen LogP contribution < -0.4 is 0 Å². The first-order valence-corrected chi connectivity index (χ1v) is 3.82. The van der Waals surface area contributed by atoms with Crippen molar-refractivity contribution in [2.45, 2.75) is 13.5 Å². The summed E-state index contributed by atoms with van der Waals surface area (Å²) in [6.07, 6.45) is 2.95. The molecule has 0 radical (unpaired) electrons. The van der Waals surface area contributed by atoms with Gasteiger partial charge in [-0.15, -0.1) is 0 Å². The highest BCUT2D eigenvalue weighted by Crippen LogP contribution is 2.08.